The van der Waals surface area contributed by atoms with Gasteiger partial charge in [0.1, 0.15) is 11.3 Å². The number of amides is 1. The minimum absolute atomic E-state index is 0.00705. The zero-order chi connectivity index (χ0) is 21.3. The highest BCUT2D eigenvalue weighted by molar-refractivity contribution is 7.89. The molecule has 0 aliphatic carbocycles. The van der Waals surface area contributed by atoms with E-state index >= 15 is 0 Å². The summed E-state index contributed by atoms with van der Waals surface area (Å²) in [5.41, 5.74) is 2.69. The lowest BCUT2D eigenvalue weighted by atomic mass is 10.1. The molecule has 0 bridgehead atoms. The minimum Gasteiger partial charge on any atom is -0.468 e. The Morgan fingerprint density at radius 2 is 1.93 bits per heavy atom. The first kappa shape index (κ1) is 19.9. The van der Waals surface area contributed by atoms with Gasteiger partial charge in [-0.25, -0.2) is 18.1 Å². The molecule has 0 aliphatic rings. The zero-order valence-corrected chi connectivity index (χ0v) is 17.1. The number of aromatic nitrogens is 1. The van der Waals surface area contributed by atoms with Crippen molar-refractivity contribution >= 4 is 32.7 Å². The standard InChI is InChI=1S/C21H19N3O5S/c1-13-5-7-17(30(26,27)22-12-16-4-3-9-28-16)11-18(13)21(25)24-15-6-8-20-19(10-15)23-14(2)29-20/h3-11,22H,12H2,1-2H3,(H,24,25). The van der Waals surface area contributed by atoms with E-state index in [2.05, 4.69) is 15.0 Å². The van der Waals surface area contributed by atoms with Gasteiger partial charge in [0.2, 0.25) is 10.0 Å². The molecule has 0 aliphatic heterocycles. The first-order chi connectivity index (χ1) is 14.3. The fraction of sp³-hybridized carbons (Fsp3) is 0.143. The van der Waals surface area contributed by atoms with Crippen molar-refractivity contribution in [2.24, 2.45) is 0 Å². The molecule has 9 heteroatoms. The number of furan rings is 1. The van der Waals surface area contributed by atoms with Crippen molar-refractivity contribution in [3.05, 3.63) is 77.6 Å². The van der Waals surface area contributed by atoms with Gasteiger partial charge in [-0.1, -0.05) is 6.07 Å². The third-order valence-electron chi connectivity index (χ3n) is 4.53. The molecule has 2 heterocycles. The number of hydrogen-bond donors (Lipinski definition) is 2. The molecule has 0 unspecified atom stereocenters. The summed E-state index contributed by atoms with van der Waals surface area (Å²) in [7, 11) is -3.82. The van der Waals surface area contributed by atoms with E-state index in [1.807, 2.05) is 0 Å². The number of anilines is 1. The number of benzene rings is 2. The minimum atomic E-state index is -3.82. The maximum Gasteiger partial charge on any atom is 0.255 e. The van der Waals surface area contributed by atoms with Crippen LogP contribution in [0.3, 0.4) is 0 Å². The molecular formula is C21H19N3O5S. The highest BCUT2D eigenvalue weighted by Crippen LogP contribution is 2.22. The molecule has 30 heavy (non-hydrogen) atoms. The predicted octanol–water partition coefficient (Wildman–Crippen LogP) is 3.77. The molecule has 0 saturated carbocycles. The molecule has 2 N–H and O–H groups in total. The van der Waals surface area contributed by atoms with Gasteiger partial charge < -0.3 is 14.2 Å². The van der Waals surface area contributed by atoms with Gasteiger partial charge in [0.25, 0.3) is 5.91 Å². The normalized spacial score (nSPS) is 11.7. The SMILES string of the molecule is Cc1nc2cc(NC(=O)c3cc(S(=O)(=O)NCc4ccco4)ccc3C)ccc2o1. The number of sulfonamides is 1. The highest BCUT2D eigenvalue weighted by atomic mass is 32.2. The second-order valence-electron chi connectivity index (χ2n) is 6.75. The van der Waals surface area contributed by atoms with Crippen molar-refractivity contribution in [3.63, 3.8) is 0 Å². The molecule has 2 aromatic heterocycles. The second kappa shape index (κ2) is 7.77. The van der Waals surface area contributed by atoms with Gasteiger partial charge in [-0.3, -0.25) is 4.79 Å². The third kappa shape index (κ3) is 4.12. The van der Waals surface area contributed by atoms with Crippen LogP contribution in [0.2, 0.25) is 0 Å². The molecule has 2 aromatic carbocycles. The van der Waals surface area contributed by atoms with Crippen LogP contribution in [0.1, 0.15) is 27.6 Å². The van der Waals surface area contributed by atoms with E-state index in [-0.39, 0.29) is 17.0 Å². The zero-order valence-electron chi connectivity index (χ0n) is 16.3. The fourth-order valence-corrected chi connectivity index (χ4v) is 4.01. The summed E-state index contributed by atoms with van der Waals surface area (Å²) >= 11 is 0. The first-order valence-corrected chi connectivity index (χ1v) is 10.6. The van der Waals surface area contributed by atoms with E-state index in [9.17, 15) is 13.2 Å². The van der Waals surface area contributed by atoms with Crippen molar-refractivity contribution in [2.75, 3.05) is 5.32 Å². The predicted molar refractivity (Wildman–Crippen MR) is 111 cm³/mol. The van der Waals surface area contributed by atoms with Crippen molar-refractivity contribution in [1.29, 1.82) is 0 Å². The Morgan fingerprint density at radius 1 is 1.10 bits per heavy atom. The van der Waals surface area contributed by atoms with E-state index in [4.69, 9.17) is 8.83 Å². The summed E-state index contributed by atoms with van der Waals surface area (Å²) in [6, 6.07) is 12.9. The molecule has 154 valence electrons. The van der Waals surface area contributed by atoms with Crippen molar-refractivity contribution in [1.82, 2.24) is 9.71 Å². The number of fused-ring (bicyclic) bond motifs is 1. The van der Waals surface area contributed by atoms with Gasteiger partial charge >= 0.3 is 0 Å². The summed E-state index contributed by atoms with van der Waals surface area (Å²) in [6.07, 6.45) is 1.47. The van der Waals surface area contributed by atoms with Crippen LogP contribution in [0.15, 0.2) is 68.5 Å². The van der Waals surface area contributed by atoms with E-state index < -0.39 is 15.9 Å². The number of hydrogen-bond acceptors (Lipinski definition) is 6. The van der Waals surface area contributed by atoms with Crippen LogP contribution in [-0.2, 0) is 16.6 Å². The second-order valence-corrected chi connectivity index (χ2v) is 8.52. The van der Waals surface area contributed by atoms with Gasteiger partial charge in [0.15, 0.2) is 11.5 Å². The molecule has 1 amide bonds. The number of carbonyl (C=O) groups is 1. The van der Waals surface area contributed by atoms with E-state index in [1.54, 1.807) is 50.2 Å². The monoisotopic (exact) mass is 425 g/mol. The highest BCUT2D eigenvalue weighted by Gasteiger charge is 2.19. The van der Waals surface area contributed by atoms with Crippen LogP contribution in [0.5, 0.6) is 0 Å². The summed E-state index contributed by atoms with van der Waals surface area (Å²) in [5, 5.41) is 2.78. The lowest BCUT2D eigenvalue weighted by molar-refractivity contribution is 0.102. The van der Waals surface area contributed by atoms with Gasteiger partial charge in [0, 0.05) is 18.2 Å². The van der Waals surface area contributed by atoms with Gasteiger partial charge in [-0.2, -0.15) is 0 Å². The Hall–Kier alpha value is -3.43. The average molecular weight is 425 g/mol. The van der Waals surface area contributed by atoms with Crippen LogP contribution >= 0.6 is 0 Å². The van der Waals surface area contributed by atoms with Gasteiger partial charge in [-0.05, 0) is 55.0 Å². The number of nitrogens with zero attached hydrogens (tertiary/aromatic N) is 1. The number of rotatable bonds is 6. The van der Waals surface area contributed by atoms with Crippen molar-refractivity contribution < 1.29 is 22.0 Å². The maximum atomic E-state index is 12.8. The van der Waals surface area contributed by atoms with Crippen LogP contribution in [-0.4, -0.2) is 19.3 Å². The summed E-state index contributed by atoms with van der Waals surface area (Å²) in [6.45, 7) is 3.50. The van der Waals surface area contributed by atoms with Crippen LogP contribution in [0.25, 0.3) is 11.1 Å². The summed E-state index contributed by atoms with van der Waals surface area (Å²) in [4.78, 5) is 17.1. The Morgan fingerprint density at radius 3 is 2.70 bits per heavy atom. The van der Waals surface area contributed by atoms with Crippen molar-refractivity contribution in [3.8, 4) is 0 Å². The lowest BCUT2D eigenvalue weighted by Gasteiger charge is -2.11. The smallest absolute Gasteiger partial charge is 0.255 e. The molecular weight excluding hydrogens is 406 g/mol. The molecule has 4 rings (SSSR count). The number of oxazole rings is 1. The molecule has 0 radical (unpaired) electrons. The largest absolute Gasteiger partial charge is 0.468 e. The van der Waals surface area contributed by atoms with Gasteiger partial charge in [-0.15, -0.1) is 0 Å². The lowest BCUT2D eigenvalue weighted by Crippen LogP contribution is -2.24. The van der Waals surface area contributed by atoms with E-state index in [1.165, 1.54) is 18.4 Å². The Bertz CT molecular complexity index is 1320. The Balaban J connectivity index is 1.56. The summed E-state index contributed by atoms with van der Waals surface area (Å²) < 4.78 is 38.3. The topological polar surface area (TPSA) is 114 Å². The number of nitrogens with one attached hydrogen (secondary N) is 2. The quantitative estimate of drug-likeness (QED) is 0.486. The number of aryl methyl sites for hydroxylation is 2. The van der Waals surface area contributed by atoms with Crippen LogP contribution in [0, 0.1) is 13.8 Å². The van der Waals surface area contributed by atoms with Gasteiger partial charge in [0.05, 0.1) is 17.7 Å². The number of carbonyl (C=O) groups excluding carboxylic acids is 1. The molecule has 4 aromatic rings. The van der Waals surface area contributed by atoms with Crippen molar-refractivity contribution in [2.45, 2.75) is 25.3 Å². The Kier molecular flexibility index (Phi) is 5.15. The molecule has 0 spiro atoms. The third-order valence-corrected chi connectivity index (χ3v) is 5.93. The molecule has 0 fully saturated rings. The maximum absolute atomic E-state index is 12.8. The molecule has 8 nitrogen and oxygen atoms in total. The van der Waals surface area contributed by atoms with Crippen LogP contribution in [0.4, 0.5) is 5.69 Å². The molecule has 0 saturated heterocycles. The first-order valence-electron chi connectivity index (χ1n) is 9.13. The van der Waals surface area contributed by atoms with E-state index in [0.717, 1.165) is 0 Å². The van der Waals surface area contributed by atoms with E-state index in [0.29, 0.717) is 34.0 Å². The molecule has 0 atom stereocenters. The average Bonchev–Trinajstić information content (AvgIpc) is 3.34. The Labute approximate surface area is 173 Å². The summed E-state index contributed by atoms with van der Waals surface area (Å²) in [5.74, 6) is 0.599. The van der Waals surface area contributed by atoms with Crippen LogP contribution < -0.4 is 10.0 Å². The fourth-order valence-electron chi connectivity index (χ4n) is 2.99.